The molecule has 3 aromatic rings. The number of aliphatic hydroxyl groups is 1. The summed E-state index contributed by atoms with van der Waals surface area (Å²) >= 11 is 1.46. The van der Waals surface area contributed by atoms with Crippen LogP contribution in [0.1, 0.15) is 21.7 Å². The van der Waals surface area contributed by atoms with Crippen molar-refractivity contribution < 1.29 is 19.1 Å². The predicted molar refractivity (Wildman–Crippen MR) is 88.1 cm³/mol. The number of methoxy groups -OCH3 is 1. The van der Waals surface area contributed by atoms with Gasteiger partial charge in [-0.1, -0.05) is 0 Å². The Kier molecular flexibility index (Phi) is 4.41. The fraction of sp³-hybridized carbons (Fsp3) is 0.250. The van der Waals surface area contributed by atoms with Crippen LogP contribution >= 0.6 is 11.3 Å². The summed E-state index contributed by atoms with van der Waals surface area (Å²) in [6.07, 6.45) is 3.04. The van der Waals surface area contributed by atoms with E-state index in [9.17, 15) is 9.90 Å². The maximum absolute atomic E-state index is 12.4. The molecule has 8 heteroatoms. The highest BCUT2D eigenvalue weighted by atomic mass is 32.1. The van der Waals surface area contributed by atoms with Gasteiger partial charge in [0.2, 0.25) is 5.88 Å². The molecule has 1 atom stereocenters. The molecule has 126 valence electrons. The topological polar surface area (TPSA) is 89.5 Å². The van der Waals surface area contributed by atoms with Crippen molar-refractivity contribution in [1.29, 1.82) is 0 Å². The molecular weight excluding hydrogens is 330 g/mol. The zero-order valence-corrected chi connectivity index (χ0v) is 14.0. The van der Waals surface area contributed by atoms with Crippen molar-refractivity contribution in [2.45, 2.75) is 5.60 Å². The number of nitrogens with zero attached hydrogens (tertiary/aromatic N) is 2. The Morgan fingerprint density at radius 3 is 3.00 bits per heavy atom. The second kappa shape index (κ2) is 6.50. The van der Waals surface area contributed by atoms with Crippen LogP contribution in [-0.2, 0) is 12.6 Å². The van der Waals surface area contributed by atoms with Crippen molar-refractivity contribution >= 4 is 17.2 Å². The third-order valence-corrected chi connectivity index (χ3v) is 4.35. The van der Waals surface area contributed by atoms with Gasteiger partial charge in [-0.25, -0.2) is 0 Å². The summed E-state index contributed by atoms with van der Waals surface area (Å²) in [5.74, 6) is 0.201. The summed E-state index contributed by atoms with van der Waals surface area (Å²) < 4.78 is 12.0. The number of aromatic nitrogens is 2. The Morgan fingerprint density at radius 2 is 2.38 bits per heavy atom. The van der Waals surface area contributed by atoms with E-state index in [4.69, 9.17) is 9.15 Å². The van der Waals surface area contributed by atoms with Gasteiger partial charge in [-0.15, -0.1) is 5.10 Å². The van der Waals surface area contributed by atoms with Crippen LogP contribution in [0, 0.1) is 0 Å². The second-order valence-electron chi connectivity index (χ2n) is 5.26. The molecule has 24 heavy (non-hydrogen) atoms. The number of thiophene rings is 1. The Morgan fingerprint density at radius 1 is 1.54 bits per heavy atom. The maximum atomic E-state index is 12.4. The van der Waals surface area contributed by atoms with Crippen molar-refractivity contribution in [2.24, 2.45) is 7.05 Å². The number of furan rings is 1. The molecule has 0 spiro atoms. The molecule has 2 N–H and O–H groups in total. The van der Waals surface area contributed by atoms with Crippen LogP contribution < -0.4 is 10.1 Å². The van der Waals surface area contributed by atoms with Gasteiger partial charge in [0.25, 0.3) is 5.91 Å². The van der Waals surface area contributed by atoms with Gasteiger partial charge in [-0.3, -0.25) is 9.48 Å². The minimum absolute atomic E-state index is 0.0475. The summed E-state index contributed by atoms with van der Waals surface area (Å²) in [5, 5.41) is 21.6. The van der Waals surface area contributed by atoms with Crippen LogP contribution in [0.25, 0.3) is 0 Å². The lowest BCUT2D eigenvalue weighted by atomic mass is 9.93. The van der Waals surface area contributed by atoms with Crippen molar-refractivity contribution in [3.8, 4) is 5.88 Å². The molecule has 0 aliphatic carbocycles. The normalized spacial score (nSPS) is 13.5. The summed E-state index contributed by atoms with van der Waals surface area (Å²) in [6.45, 7) is -0.0475. The molecule has 0 aromatic carbocycles. The largest absolute Gasteiger partial charge is 0.479 e. The second-order valence-corrected chi connectivity index (χ2v) is 6.04. The first kappa shape index (κ1) is 16.3. The molecule has 3 heterocycles. The van der Waals surface area contributed by atoms with E-state index in [0.29, 0.717) is 16.9 Å². The lowest BCUT2D eigenvalue weighted by Crippen LogP contribution is -2.41. The van der Waals surface area contributed by atoms with Gasteiger partial charge >= 0.3 is 0 Å². The zero-order chi connectivity index (χ0) is 17.2. The highest BCUT2D eigenvalue weighted by Crippen LogP contribution is 2.31. The van der Waals surface area contributed by atoms with Gasteiger partial charge in [0, 0.05) is 18.8 Å². The number of aryl methyl sites for hydroxylation is 1. The molecule has 0 saturated carbocycles. The molecular formula is C16H17N3O4S. The van der Waals surface area contributed by atoms with E-state index in [1.54, 1.807) is 31.4 Å². The Balaban J connectivity index is 1.83. The summed E-state index contributed by atoms with van der Waals surface area (Å²) in [7, 11) is 3.15. The molecule has 0 bridgehead atoms. The number of amides is 1. The third kappa shape index (κ3) is 2.93. The maximum Gasteiger partial charge on any atom is 0.258 e. The standard InChI is InChI=1S/C16H17N3O4S/c1-19-8-12(15(18-19)22-2)14(20)17-10-16(21,11-5-7-24-9-11)13-4-3-6-23-13/h3-9,21H,10H2,1-2H3,(H,17,20)/t16-/m0/s1. The van der Waals surface area contributed by atoms with Crippen molar-refractivity contribution in [2.75, 3.05) is 13.7 Å². The number of ether oxygens (including phenoxy) is 1. The number of hydrogen-bond donors (Lipinski definition) is 2. The number of carbonyl (C=O) groups is 1. The van der Waals surface area contributed by atoms with Crippen LogP contribution in [0.2, 0.25) is 0 Å². The smallest absolute Gasteiger partial charge is 0.258 e. The van der Waals surface area contributed by atoms with E-state index in [1.807, 2.05) is 10.8 Å². The fourth-order valence-corrected chi connectivity index (χ4v) is 3.15. The molecule has 0 saturated heterocycles. The molecule has 1 amide bonds. The van der Waals surface area contributed by atoms with Crippen LogP contribution in [0.15, 0.2) is 45.8 Å². The zero-order valence-electron chi connectivity index (χ0n) is 13.2. The van der Waals surface area contributed by atoms with Crippen LogP contribution in [0.3, 0.4) is 0 Å². The van der Waals surface area contributed by atoms with E-state index >= 15 is 0 Å². The van der Waals surface area contributed by atoms with E-state index in [2.05, 4.69) is 10.4 Å². The first-order chi connectivity index (χ1) is 11.5. The Hall–Kier alpha value is -2.58. The summed E-state index contributed by atoms with van der Waals surface area (Å²) in [4.78, 5) is 12.4. The average Bonchev–Trinajstić information content (AvgIpc) is 3.32. The molecule has 7 nitrogen and oxygen atoms in total. The lowest BCUT2D eigenvalue weighted by molar-refractivity contribution is 0.0528. The molecule has 0 aliphatic rings. The molecule has 3 aromatic heterocycles. The first-order valence-corrected chi connectivity index (χ1v) is 8.13. The number of rotatable bonds is 6. The molecule has 0 unspecified atom stereocenters. The van der Waals surface area contributed by atoms with Gasteiger partial charge in [-0.05, 0) is 29.0 Å². The van der Waals surface area contributed by atoms with E-state index < -0.39 is 5.60 Å². The summed E-state index contributed by atoms with van der Waals surface area (Å²) in [6, 6.07) is 5.16. The van der Waals surface area contributed by atoms with Gasteiger partial charge in [-0.2, -0.15) is 11.3 Å². The minimum Gasteiger partial charge on any atom is -0.479 e. The average molecular weight is 347 g/mol. The van der Waals surface area contributed by atoms with Crippen LogP contribution in [-0.4, -0.2) is 34.4 Å². The lowest BCUT2D eigenvalue weighted by Gasteiger charge is -2.25. The van der Waals surface area contributed by atoms with Gasteiger partial charge < -0.3 is 19.6 Å². The Bertz CT molecular complexity index is 774. The van der Waals surface area contributed by atoms with Crippen LogP contribution in [0.4, 0.5) is 0 Å². The molecule has 0 fully saturated rings. The third-order valence-electron chi connectivity index (χ3n) is 3.67. The Labute approximate surface area is 142 Å². The minimum atomic E-state index is -1.45. The summed E-state index contributed by atoms with van der Waals surface area (Å²) in [5.41, 5.74) is -0.498. The quantitative estimate of drug-likeness (QED) is 0.709. The van der Waals surface area contributed by atoms with E-state index in [-0.39, 0.29) is 18.3 Å². The molecule has 0 radical (unpaired) electrons. The highest BCUT2D eigenvalue weighted by molar-refractivity contribution is 7.08. The van der Waals surface area contributed by atoms with E-state index in [1.165, 1.54) is 29.4 Å². The van der Waals surface area contributed by atoms with Crippen LogP contribution in [0.5, 0.6) is 5.88 Å². The highest BCUT2D eigenvalue weighted by Gasteiger charge is 2.36. The van der Waals surface area contributed by atoms with Gasteiger partial charge in [0.05, 0.1) is 19.9 Å². The monoisotopic (exact) mass is 347 g/mol. The van der Waals surface area contributed by atoms with Crippen molar-refractivity contribution in [1.82, 2.24) is 15.1 Å². The van der Waals surface area contributed by atoms with Crippen molar-refractivity contribution in [3.05, 3.63) is 58.3 Å². The van der Waals surface area contributed by atoms with Crippen molar-refractivity contribution in [3.63, 3.8) is 0 Å². The first-order valence-electron chi connectivity index (χ1n) is 7.19. The SMILES string of the molecule is COc1nn(C)cc1C(=O)NC[C@](O)(c1ccsc1)c1ccco1. The number of carbonyl (C=O) groups excluding carboxylic acids is 1. The van der Waals surface area contributed by atoms with E-state index in [0.717, 1.165) is 0 Å². The molecule has 3 rings (SSSR count). The predicted octanol–water partition coefficient (Wildman–Crippen LogP) is 1.75. The number of nitrogens with one attached hydrogen (secondary N) is 1. The van der Waals surface area contributed by atoms with Gasteiger partial charge in [0.15, 0.2) is 5.60 Å². The van der Waals surface area contributed by atoms with Gasteiger partial charge in [0.1, 0.15) is 11.3 Å². The number of hydrogen-bond acceptors (Lipinski definition) is 6. The fourth-order valence-electron chi connectivity index (χ4n) is 2.42. The molecule has 0 aliphatic heterocycles.